The van der Waals surface area contributed by atoms with Crippen molar-refractivity contribution in [3.05, 3.63) is 81.0 Å². The van der Waals surface area contributed by atoms with Gasteiger partial charge in [0.05, 0.1) is 19.0 Å². The first kappa shape index (κ1) is 25.0. The second-order valence-corrected chi connectivity index (χ2v) is 8.74. The van der Waals surface area contributed by atoms with Gasteiger partial charge in [0.1, 0.15) is 17.4 Å². The number of methoxy groups -OCH3 is 1. The number of hydrogen-bond donors (Lipinski definition) is 2. The lowest BCUT2D eigenvalue weighted by Crippen LogP contribution is -2.47. The molecule has 0 unspecified atom stereocenters. The van der Waals surface area contributed by atoms with Crippen LogP contribution < -0.4 is 20.3 Å². The van der Waals surface area contributed by atoms with E-state index in [2.05, 4.69) is 25.3 Å². The van der Waals surface area contributed by atoms with E-state index in [4.69, 9.17) is 21.1 Å². The summed E-state index contributed by atoms with van der Waals surface area (Å²) in [6, 6.07) is 12.4. The van der Waals surface area contributed by atoms with Crippen LogP contribution in [0.5, 0.6) is 11.5 Å². The molecule has 3 aromatic rings. The zero-order chi connectivity index (χ0) is 24.6. The van der Waals surface area contributed by atoms with Crippen molar-refractivity contribution >= 4 is 17.3 Å². The molecule has 186 valence electrons. The number of benzene rings is 2. The molecule has 2 aromatic carbocycles. The SMILES string of the molecule is COc1ccc(CNc2cn[nH]c(=O)c2Cl)cc1OCCN1CCN(Cc2ccc(F)cc2)CC1. The number of nitrogens with one attached hydrogen (secondary N) is 2. The molecule has 35 heavy (non-hydrogen) atoms. The van der Waals surface area contributed by atoms with Gasteiger partial charge in [-0.25, -0.2) is 9.49 Å². The fraction of sp³-hybridized carbons (Fsp3) is 0.360. The standard InChI is InChI=1S/C25H29ClFN5O3/c1-34-22-7-4-19(15-28-21-16-29-30-25(33)24(21)26)14-23(22)35-13-12-31-8-10-32(11-9-31)17-18-2-5-20(27)6-3-18/h2-7,14,16H,8-13,15,17H2,1H3,(H2,28,30,33). The second kappa shape index (κ2) is 12.0. The van der Waals surface area contributed by atoms with Crippen LogP contribution in [0.2, 0.25) is 5.02 Å². The number of ether oxygens (including phenoxy) is 2. The van der Waals surface area contributed by atoms with Crippen LogP contribution in [0.4, 0.5) is 10.1 Å². The van der Waals surface area contributed by atoms with Crippen LogP contribution in [-0.4, -0.2) is 66.4 Å². The van der Waals surface area contributed by atoms with E-state index in [1.165, 1.54) is 18.3 Å². The van der Waals surface area contributed by atoms with E-state index in [-0.39, 0.29) is 10.8 Å². The maximum atomic E-state index is 13.1. The molecule has 0 spiro atoms. The molecule has 0 aliphatic carbocycles. The van der Waals surface area contributed by atoms with E-state index in [0.29, 0.717) is 30.3 Å². The zero-order valence-electron chi connectivity index (χ0n) is 19.6. The number of halogens is 2. The third-order valence-electron chi connectivity index (χ3n) is 5.96. The van der Waals surface area contributed by atoms with Crippen molar-refractivity contribution in [3.8, 4) is 11.5 Å². The predicted octanol–water partition coefficient (Wildman–Crippen LogP) is 3.38. The first-order valence-corrected chi connectivity index (χ1v) is 11.9. The Kier molecular flexibility index (Phi) is 8.57. The Labute approximate surface area is 208 Å². The molecule has 8 nitrogen and oxygen atoms in total. The van der Waals surface area contributed by atoms with E-state index >= 15 is 0 Å². The molecule has 1 saturated heterocycles. The Bertz CT molecular complexity index is 1170. The van der Waals surface area contributed by atoms with E-state index in [1.807, 2.05) is 30.3 Å². The Morgan fingerprint density at radius 1 is 1.06 bits per heavy atom. The summed E-state index contributed by atoms with van der Waals surface area (Å²) in [6.07, 6.45) is 1.48. The van der Waals surface area contributed by atoms with Crippen molar-refractivity contribution in [2.75, 3.05) is 51.8 Å². The summed E-state index contributed by atoms with van der Waals surface area (Å²) in [5.41, 5.74) is 2.10. The highest BCUT2D eigenvalue weighted by Crippen LogP contribution is 2.28. The van der Waals surface area contributed by atoms with Gasteiger partial charge in [-0.15, -0.1) is 0 Å². The monoisotopic (exact) mass is 501 g/mol. The minimum atomic E-state index is -0.438. The Balaban J connectivity index is 1.25. The lowest BCUT2D eigenvalue weighted by Gasteiger charge is -2.34. The number of nitrogens with zero attached hydrogens (tertiary/aromatic N) is 3. The lowest BCUT2D eigenvalue weighted by atomic mass is 10.2. The molecule has 0 atom stereocenters. The van der Waals surface area contributed by atoms with Crippen LogP contribution in [0.25, 0.3) is 0 Å². The first-order valence-electron chi connectivity index (χ1n) is 11.5. The molecule has 1 fully saturated rings. The van der Waals surface area contributed by atoms with Crippen molar-refractivity contribution in [1.82, 2.24) is 20.0 Å². The van der Waals surface area contributed by atoms with Gasteiger partial charge in [0, 0.05) is 45.8 Å². The fourth-order valence-electron chi connectivity index (χ4n) is 3.95. The van der Waals surface area contributed by atoms with Gasteiger partial charge in [0.15, 0.2) is 11.5 Å². The molecule has 0 amide bonds. The minimum absolute atomic E-state index is 0.0720. The third kappa shape index (κ3) is 6.94. The van der Waals surface area contributed by atoms with Crippen LogP contribution >= 0.6 is 11.6 Å². The number of rotatable bonds is 10. The van der Waals surface area contributed by atoms with Crippen LogP contribution in [0.1, 0.15) is 11.1 Å². The molecule has 2 N–H and O–H groups in total. The van der Waals surface area contributed by atoms with Crippen LogP contribution in [0.15, 0.2) is 53.5 Å². The molecule has 0 saturated carbocycles. The van der Waals surface area contributed by atoms with Crippen LogP contribution in [-0.2, 0) is 13.1 Å². The number of H-pyrrole nitrogens is 1. The molecule has 1 aromatic heterocycles. The second-order valence-electron chi connectivity index (χ2n) is 8.36. The Hall–Kier alpha value is -3.14. The van der Waals surface area contributed by atoms with Gasteiger partial charge in [0.25, 0.3) is 5.56 Å². The molecule has 1 aliphatic heterocycles. The van der Waals surface area contributed by atoms with Crippen molar-refractivity contribution in [1.29, 1.82) is 0 Å². The minimum Gasteiger partial charge on any atom is -0.493 e. The Morgan fingerprint density at radius 3 is 2.51 bits per heavy atom. The highest BCUT2D eigenvalue weighted by atomic mass is 35.5. The van der Waals surface area contributed by atoms with Crippen molar-refractivity contribution in [3.63, 3.8) is 0 Å². The fourth-order valence-corrected chi connectivity index (χ4v) is 4.11. The number of aromatic nitrogens is 2. The van der Waals surface area contributed by atoms with Crippen LogP contribution in [0.3, 0.4) is 0 Å². The molecule has 10 heteroatoms. The smallest absolute Gasteiger partial charge is 0.285 e. The maximum absolute atomic E-state index is 13.1. The van der Waals surface area contributed by atoms with Gasteiger partial charge >= 0.3 is 0 Å². The Morgan fingerprint density at radius 2 is 1.77 bits per heavy atom. The van der Waals surface area contributed by atoms with E-state index in [0.717, 1.165) is 50.4 Å². The number of hydrogen-bond acceptors (Lipinski definition) is 7. The normalized spacial score (nSPS) is 14.6. The molecule has 4 rings (SSSR count). The van der Waals surface area contributed by atoms with E-state index in [1.54, 1.807) is 7.11 Å². The maximum Gasteiger partial charge on any atom is 0.285 e. The summed E-state index contributed by atoms with van der Waals surface area (Å²) in [5, 5.41) is 9.26. The zero-order valence-corrected chi connectivity index (χ0v) is 20.4. The highest BCUT2D eigenvalue weighted by Gasteiger charge is 2.17. The molecule has 2 heterocycles. The number of anilines is 1. The van der Waals surface area contributed by atoms with Gasteiger partial charge < -0.3 is 14.8 Å². The summed E-state index contributed by atoms with van der Waals surface area (Å²) in [4.78, 5) is 16.4. The van der Waals surface area contributed by atoms with Gasteiger partial charge in [0.2, 0.25) is 0 Å². The first-order chi connectivity index (χ1) is 17.0. The van der Waals surface area contributed by atoms with E-state index in [9.17, 15) is 9.18 Å². The van der Waals surface area contributed by atoms with Crippen molar-refractivity contribution < 1.29 is 13.9 Å². The third-order valence-corrected chi connectivity index (χ3v) is 6.33. The molecule has 0 radical (unpaired) electrons. The summed E-state index contributed by atoms with van der Waals surface area (Å²) in [7, 11) is 1.61. The summed E-state index contributed by atoms with van der Waals surface area (Å²) in [5.74, 6) is 1.12. The lowest BCUT2D eigenvalue weighted by molar-refractivity contribution is 0.112. The number of piperazine rings is 1. The van der Waals surface area contributed by atoms with Crippen LogP contribution in [0, 0.1) is 5.82 Å². The highest BCUT2D eigenvalue weighted by molar-refractivity contribution is 6.32. The molecular formula is C25H29ClFN5O3. The average molecular weight is 502 g/mol. The summed E-state index contributed by atoms with van der Waals surface area (Å²) >= 11 is 6.02. The van der Waals surface area contributed by atoms with Crippen molar-refractivity contribution in [2.45, 2.75) is 13.1 Å². The molecule has 1 aliphatic rings. The average Bonchev–Trinajstić information content (AvgIpc) is 2.87. The largest absolute Gasteiger partial charge is 0.493 e. The topological polar surface area (TPSA) is 82.7 Å². The quantitative estimate of drug-likeness (QED) is 0.440. The van der Waals surface area contributed by atoms with Gasteiger partial charge in [-0.3, -0.25) is 14.6 Å². The van der Waals surface area contributed by atoms with Gasteiger partial charge in [-0.1, -0.05) is 29.8 Å². The number of aromatic amines is 1. The summed E-state index contributed by atoms with van der Waals surface area (Å²) in [6.45, 7) is 6.46. The predicted molar refractivity (Wildman–Crippen MR) is 134 cm³/mol. The van der Waals surface area contributed by atoms with E-state index < -0.39 is 5.56 Å². The summed E-state index contributed by atoms with van der Waals surface area (Å²) < 4.78 is 24.6. The van der Waals surface area contributed by atoms with Gasteiger partial charge in [-0.2, -0.15) is 5.10 Å². The molecular weight excluding hydrogens is 473 g/mol. The molecule has 0 bridgehead atoms. The van der Waals surface area contributed by atoms with Gasteiger partial charge in [-0.05, 0) is 35.4 Å². The van der Waals surface area contributed by atoms with Crippen molar-refractivity contribution in [2.24, 2.45) is 0 Å².